The van der Waals surface area contributed by atoms with Gasteiger partial charge in [-0.2, -0.15) is 0 Å². The first-order valence-corrected chi connectivity index (χ1v) is 10.2. The third kappa shape index (κ3) is 3.41. The van der Waals surface area contributed by atoms with Crippen molar-refractivity contribution in [2.75, 3.05) is 10.6 Å². The lowest BCUT2D eigenvalue weighted by Gasteiger charge is -2.31. The van der Waals surface area contributed by atoms with Crippen molar-refractivity contribution in [1.82, 2.24) is 5.32 Å². The number of sulfonamides is 1. The van der Waals surface area contributed by atoms with Gasteiger partial charge >= 0.3 is 0 Å². The van der Waals surface area contributed by atoms with Gasteiger partial charge in [0, 0.05) is 6.04 Å². The third-order valence-electron chi connectivity index (χ3n) is 5.22. The fourth-order valence-corrected chi connectivity index (χ4v) is 5.31. The van der Waals surface area contributed by atoms with Crippen LogP contribution >= 0.6 is 0 Å². The number of anilines is 1. The highest BCUT2D eigenvalue weighted by Gasteiger charge is 2.41. The lowest BCUT2D eigenvalue weighted by molar-refractivity contribution is -0.122. The smallest absolute Gasteiger partial charge is 0.243 e. The van der Waals surface area contributed by atoms with Gasteiger partial charge in [0.1, 0.15) is 11.9 Å². The number of hydrogen-bond donors (Lipinski definition) is 1. The van der Waals surface area contributed by atoms with Crippen molar-refractivity contribution >= 4 is 21.6 Å². The van der Waals surface area contributed by atoms with E-state index in [9.17, 15) is 17.6 Å². The highest BCUT2D eigenvalue weighted by Crippen LogP contribution is 2.44. The van der Waals surface area contributed by atoms with Crippen LogP contribution in [0.3, 0.4) is 0 Å². The minimum absolute atomic E-state index is 0.132. The molecule has 2 fully saturated rings. The maximum atomic E-state index is 13.5. The van der Waals surface area contributed by atoms with Gasteiger partial charge in [0.15, 0.2) is 0 Å². The van der Waals surface area contributed by atoms with Crippen molar-refractivity contribution in [2.45, 2.75) is 44.7 Å². The fraction of sp³-hybridized carbons (Fsp3) is 0.588. The van der Waals surface area contributed by atoms with Crippen molar-refractivity contribution in [3.63, 3.8) is 0 Å². The van der Waals surface area contributed by atoms with Gasteiger partial charge in [-0.05, 0) is 56.2 Å². The number of carbonyl (C=O) groups excluding carboxylic acids is 1. The molecule has 2 bridgehead atoms. The number of benzene rings is 1. The number of nitrogens with one attached hydrogen (secondary N) is 1. The highest BCUT2D eigenvalue weighted by atomic mass is 32.2. The van der Waals surface area contributed by atoms with Crippen LogP contribution in [-0.4, -0.2) is 32.7 Å². The summed E-state index contributed by atoms with van der Waals surface area (Å²) < 4.78 is 38.8. The quantitative estimate of drug-likeness (QED) is 0.882. The zero-order valence-electron chi connectivity index (χ0n) is 13.9. The lowest BCUT2D eigenvalue weighted by atomic mass is 9.95. The van der Waals surface area contributed by atoms with Gasteiger partial charge in [0.25, 0.3) is 0 Å². The number of carbonyl (C=O) groups is 1. The molecule has 3 rings (SSSR count). The Morgan fingerprint density at radius 3 is 2.62 bits per heavy atom. The summed E-state index contributed by atoms with van der Waals surface area (Å²) in [6.45, 7) is 1.54. The average Bonchev–Trinajstić information content (AvgIpc) is 3.08. The van der Waals surface area contributed by atoms with E-state index in [1.54, 1.807) is 0 Å². The molecule has 1 aromatic carbocycles. The number of rotatable bonds is 5. The molecule has 7 heteroatoms. The Kier molecular flexibility index (Phi) is 4.55. The molecule has 0 saturated heterocycles. The Labute approximate surface area is 142 Å². The predicted octanol–water partition coefficient (Wildman–Crippen LogP) is 2.29. The van der Waals surface area contributed by atoms with Crippen molar-refractivity contribution in [1.29, 1.82) is 0 Å². The maximum absolute atomic E-state index is 13.5. The van der Waals surface area contributed by atoms with Crippen LogP contribution in [0.5, 0.6) is 0 Å². The molecule has 2 saturated carbocycles. The van der Waals surface area contributed by atoms with Crippen LogP contribution in [0.15, 0.2) is 24.3 Å². The van der Waals surface area contributed by atoms with Gasteiger partial charge in [-0.15, -0.1) is 0 Å². The molecule has 1 aromatic rings. The number of halogens is 1. The molecule has 4 atom stereocenters. The van der Waals surface area contributed by atoms with Crippen molar-refractivity contribution in [3.8, 4) is 0 Å². The van der Waals surface area contributed by atoms with E-state index < -0.39 is 21.9 Å². The molecule has 2 aliphatic carbocycles. The Hall–Kier alpha value is -1.63. The number of hydrogen-bond acceptors (Lipinski definition) is 3. The summed E-state index contributed by atoms with van der Waals surface area (Å²) in [7, 11) is -3.72. The second-order valence-electron chi connectivity index (χ2n) is 7.00. The second kappa shape index (κ2) is 6.35. The molecule has 0 heterocycles. The summed E-state index contributed by atoms with van der Waals surface area (Å²) in [6.07, 6.45) is 5.51. The fourth-order valence-electron chi connectivity index (χ4n) is 4.15. The average molecular weight is 354 g/mol. The molecule has 1 amide bonds. The van der Waals surface area contributed by atoms with Crippen LogP contribution < -0.4 is 9.62 Å². The number of nitrogens with zero attached hydrogens (tertiary/aromatic N) is 1. The standard InChI is InChI=1S/C17H23FN2O3S/c1-11(17(21)19-16-9-12-6-7-13(16)8-12)20(24(2,22)23)15-5-3-4-14(18)10-15/h3-5,10-13,16H,6-9H2,1-2H3,(H,19,21). The summed E-state index contributed by atoms with van der Waals surface area (Å²) in [5.74, 6) is 0.320. The maximum Gasteiger partial charge on any atom is 0.243 e. The van der Waals surface area contributed by atoms with E-state index in [2.05, 4.69) is 5.32 Å². The second-order valence-corrected chi connectivity index (χ2v) is 8.86. The summed E-state index contributed by atoms with van der Waals surface area (Å²) >= 11 is 0. The van der Waals surface area contributed by atoms with Gasteiger partial charge < -0.3 is 5.32 Å². The molecule has 0 spiro atoms. The molecule has 4 unspecified atom stereocenters. The molecule has 0 radical (unpaired) electrons. The topological polar surface area (TPSA) is 66.5 Å². The first-order valence-electron chi connectivity index (χ1n) is 8.31. The van der Waals surface area contributed by atoms with Gasteiger partial charge in [-0.1, -0.05) is 12.5 Å². The Bertz CT molecular complexity index is 737. The third-order valence-corrected chi connectivity index (χ3v) is 6.46. The summed E-state index contributed by atoms with van der Waals surface area (Å²) in [4.78, 5) is 12.6. The number of fused-ring (bicyclic) bond motifs is 2. The first-order chi connectivity index (χ1) is 11.3. The van der Waals surface area contributed by atoms with Crippen LogP contribution in [0, 0.1) is 17.7 Å². The Balaban J connectivity index is 1.78. The first kappa shape index (κ1) is 17.2. The minimum Gasteiger partial charge on any atom is -0.351 e. The van der Waals surface area contributed by atoms with E-state index in [1.165, 1.54) is 31.5 Å². The summed E-state index contributed by atoms with van der Waals surface area (Å²) in [5.41, 5.74) is 0.160. The van der Waals surface area contributed by atoms with Gasteiger partial charge in [-0.25, -0.2) is 12.8 Å². The molecule has 0 aliphatic heterocycles. The van der Waals surface area contributed by atoms with E-state index in [0.29, 0.717) is 11.8 Å². The normalized spacial score (nSPS) is 27.0. The molecular formula is C17H23FN2O3S. The zero-order chi connectivity index (χ0) is 17.5. The van der Waals surface area contributed by atoms with Crippen molar-refractivity contribution < 1.29 is 17.6 Å². The monoisotopic (exact) mass is 354 g/mol. The molecule has 132 valence electrons. The summed E-state index contributed by atoms with van der Waals surface area (Å²) in [5, 5.41) is 3.01. The van der Waals surface area contributed by atoms with Gasteiger partial charge in [0.05, 0.1) is 11.9 Å². The van der Waals surface area contributed by atoms with Gasteiger partial charge in [0.2, 0.25) is 15.9 Å². The largest absolute Gasteiger partial charge is 0.351 e. The zero-order valence-corrected chi connectivity index (χ0v) is 14.7. The van der Waals surface area contributed by atoms with Crippen molar-refractivity contribution in [2.24, 2.45) is 11.8 Å². The molecule has 5 nitrogen and oxygen atoms in total. The lowest BCUT2D eigenvalue weighted by Crippen LogP contribution is -2.51. The Morgan fingerprint density at radius 2 is 2.08 bits per heavy atom. The molecule has 2 aliphatic rings. The van der Waals surface area contributed by atoms with Gasteiger partial charge in [-0.3, -0.25) is 9.10 Å². The predicted molar refractivity (Wildman–Crippen MR) is 90.6 cm³/mol. The SMILES string of the molecule is CC(C(=O)NC1CC2CCC1C2)N(c1cccc(F)c1)S(C)(=O)=O. The van der Waals surface area contributed by atoms with Crippen LogP contribution in [0.4, 0.5) is 10.1 Å². The minimum atomic E-state index is -3.72. The van der Waals surface area contributed by atoms with E-state index in [0.717, 1.165) is 35.9 Å². The van der Waals surface area contributed by atoms with E-state index in [-0.39, 0.29) is 17.6 Å². The molecular weight excluding hydrogens is 331 g/mol. The highest BCUT2D eigenvalue weighted by molar-refractivity contribution is 7.92. The van der Waals surface area contributed by atoms with Crippen LogP contribution in [0.1, 0.15) is 32.6 Å². The van der Waals surface area contributed by atoms with E-state index >= 15 is 0 Å². The van der Waals surface area contributed by atoms with Crippen LogP contribution in [0.2, 0.25) is 0 Å². The Morgan fingerprint density at radius 1 is 1.33 bits per heavy atom. The van der Waals surface area contributed by atoms with Crippen LogP contribution in [-0.2, 0) is 14.8 Å². The summed E-state index contributed by atoms with van der Waals surface area (Å²) in [6, 6.07) is 4.50. The van der Waals surface area contributed by atoms with Crippen LogP contribution in [0.25, 0.3) is 0 Å². The molecule has 0 aromatic heterocycles. The van der Waals surface area contributed by atoms with Crippen molar-refractivity contribution in [3.05, 3.63) is 30.1 Å². The van der Waals surface area contributed by atoms with E-state index in [1.807, 2.05) is 0 Å². The number of amides is 1. The molecule has 1 N–H and O–H groups in total. The molecule has 24 heavy (non-hydrogen) atoms. The van der Waals surface area contributed by atoms with E-state index in [4.69, 9.17) is 0 Å².